The maximum Gasteiger partial charge on any atom is 0.240 e. The summed E-state index contributed by atoms with van der Waals surface area (Å²) in [6.45, 7) is 1.82. The first kappa shape index (κ1) is 10.4. The van der Waals surface area contributed by atoms with Gasteiger partial charge in [-0.05, 0) is 25.2 Å². The van der Waals surface area contributed by atoms with Gasteiger partial charge in [-0.25, -0.2) is 4.90 Å². The number of amides is 2. The van der Waals surface area contributed by atoms with Gasteiger partial charge in [0.25, 0.3) is 0 Å². The summed E-state index contributed by atoms with van der Waals surface area (Å²) < 4.78 is 0. The summed E-state index contributed by atoms with van der Waals surface area (Å²) in [6, 6.07) is 0. The Hall–Kier alpha value is -1.56. The van der Waals surface area contributed by atoms with Crippen LogP contribution in [0.5, 0.6) is 0 Å². The molecule has 3 aliphatic rings. The molecule has 0 aromatic carbocycles. The van der Waals surface area contributed by atoms with Gasteiger partial charge in [0.1, 0.15) is 5.01 Å². The van der Waals surface area contributed by atoms with Gasteiger partial charge < -0.3 is 0 Å². The molecule has 0 unspecified atom stereocenters. The van der Waals surface area contributed by atoms with Gasteiger partial charge in [-0.15, -0.1) is 10.2 Å². The van der Waals surface area contributed by atoms with E-state index in [1.165, 1.54) is 16.2 Å². The Kier molecular flexibility index (Phi) is 1.88. The lowest BCUT2D eigenvalue weighted by Crippen LogP contribution is -2.32. The average Bonchev–Trinajstić information content (AvgIpc) is 3.05. The minimum absolute atomic E-state index is 0.0852. The highest BCUT2D eigenvalue weighted by molar-refractivity contribution is 7.15. The Bertz CT molecular complexity index is 564. The second-order valence-electron chi connectivity index (χ2n) is 5.12. The fourth-order valence-electron chi connectivity index (χ4n) is 3.47. The Morgan fingerprint density at radius 2 is 1.78 bits per heavy atom. The lowest BCUT2D eigenvalue weighted by atomic mass is 9.85. The number of aryl methyl sites for hydroxylation is 1. The quantitative estimate of drug-likeness (QED) is 0.562. The first-order valence-electron chi connectivity index (χ1n) is 6.03. The topological polar surface area (TPSA) is 63.2 Å². The normalized spacial score (nSPS) is 36.8. The second kappa shape index (κ2) is 3.26. The van der Waals surface area contributed by atoms with Crippen molar-refractivity contribution >= 4 is 28.3 Å². The molecule has 4 rings (SSSR count). The van der Waals surface area contributed by atoms with E-state index in [2.05, 4.69) is 22.3 Å². The molecule has 6 heteroatoms. The summed E-state index contributed by atoms with van der Waals surface area (Å²) in [5, 5.41) is 9.01. The first-order chi connectivity index (χ1) is 8.66. The molecule has 0 spiro atoms. The van der Waals surface area contributed by atoms with Crippen molar-refractivity contribution in [3.05, 3.63) is 17.2 Å². The SMILES string of the molecule is Cc1nnc(N2C(=O)[C@@H]3[C@@H](C2=O)[C@H]2C=C[C@@H]3C2)s1. The average molecular weight is 261 g/mol. The molecule has 2 bridgehead atoms. The van der Waals surface area contributed by atoms with Crippen molar-refractivity contribution in [3.8, 4) is 0 Å². The Labute approximate surface area is 108 Å². The summed E-state index contributed by atoms with van der Waals surface area (Å²) in [4.78, 5) is 26.1. The van der Waals surface area contributed by atoms with Crippen molar-refractivity contribution in [2.24, 2.45) is 23.7 Å². The third-order valence-electron chi connectivity index (χ3n) is 4.18. The van der Waals surface area contributed by atoms with Gasteiger partial charge in [0.15, 0.2) is 0 Å². The highest BCUT2D eigenvalue weighted by Crippen LogP contribution is 2.53. The Morgan fingerprint density at radius 3 is 2.28 bits per heavy atom. The Balaban J connectivity index is 1.76. The number of hydrogen-bond acceptors (Lipinski definition) is 5. The third kappa shape index (κ3) is 1.11. The fraction of sp³-hybridized carbons (Fsp3) is 0.500. The second-order valence-corrected chi connectivity index (χ2v) is 6.28. The molecule has 1 aromatic rings. The number of carbonyl (C=O) groups excluding carboxylic acids is 2. The molecule has 2 heterocycles. The molecule has 18 heavy (non-hydrogen) atoms. The molecular weight excluding hydrogens is 250 g/mol. The number of imide groups is 1. The summed E-state index contributed by atoms with van der Waals surface area (Å²) in [5.74, 6) is 0.00958. The summed E-state index contributed by atoms with van der Waals surface area (Å²) in [6.07, 6.45) is 5.13. The van der Waals surface area contributed by atoms with Gasteiger partial charge in [-0.1, -0.05) is 23.5 Å². The van der Waals surface area contributed by atoms with Crippen LogP contribution in [-0.4, -0.2) is 22.0 Å². The van der Waals surface area contributed by atoms with Crippen molar-refractivity contribution in [1.29, 1.82) is 0 Å². The zero-order valence-electron chi connectivity index (χ0n) is 9.74. The van der Waals surface area contributed by atoms with Gasteiger partial charge >= 0.3 is 0 Å². The number of allylic oxidation sites excluding steroid dienone is 2. The van der Waals surface area contributed by atoms with Crippen molar-refractivity contribution in [3.63, 3.8) is 0 Å². The number of fused-ring (bicyclic) bond motifs is 5. The van der Waals surface area contributed by atoms with Gasteiger partial charge in [-0.2, -0.15) is 0 Å². The van der Waals surface area contributed by atoms with Crippen LogP contribution < -0.4 is 4.90 Å². The molecule has 5 nitrogen and oxygen atoms in total. The first-order valence-corrected chi connectivity index (χ1v) is 6.84. The molecule has 4 atom stereocenters. The van der Waals surface area contributed by atoms with Crippen LogP contribution in [0.4, 0.5) is 5.13 Å². The summed E-state index contributed by atoms with van der Waals surface area (Å²) >= 11 is 1.30. The molecular formula is C12H11N3O2S. The molecule has 2 aliphatic carbocycles. The van der Waals surface area contributed by atoms with E-state index < -0.39 is 0 Å². The van der Waals surface area contributed by atoms with E-state index in [9.17, 15) is 9.59 Å². The largest absolute Gasteiger partial charge is 0.274 e. The summed E-state index contributed by atoms with van der Waals surface area (Å²) in [5.41, 5.74) is 0. The highest BCUT2D eigenvalue weighted by Gasteiger charge is 2.60. The molecule has 1 saturated carbocycles. The van der Waals surface area contributed by atoms with E-state index >= 15 is 0 Å². The maximum absolute atomic E-state index is 12.4. The third-order valence-corrected chi connectivity index (χ3v) is 5.00. The summed E-state index contributed by atoms with van der Waals surface area (Å²) in [7, 11) is 0. The molecule has 1 saturated heterocycles. The number of carbonyl (C=O) groups is 2. The highest BCUT2D eigenvalue weighted by atomic mass is 32.1. The number of rotatable bonds is 1. The van der Waals surface area contributed by atoms with Crippen LogP contribution in [0.3, 0.4) is 0 Å². The van der Waals surface area contributed by atoms with E-state index in [1.807, 2.05) is 6.92 Å². The minimum Gasteiger partial charge on any atom is -0.274 e. The fourth-order valence-corrected chi connectivity index (χ4v) is 4.17. The van der Waals surface area contributed by atoms with E-state index in [0.717, 1.165) is 11.4 Å². The van der Waals surface area contributed by atoms with Crippen molar-refractivity contribution < 1.29 is 9.59 Å². The van der Waals surface area contributed by atoms with Crippen molar-refractivity contribution in [2.45, 2.75) is 13.3 Å². The molecule has 0 N–H and O–H groups in total. The zero-order chi connectivity index (χ0) is 12.4. The molecule has 2 fully saturated rings. The van der Waals surface area contributed by atoms with Crippen LogP contribution in [0.15, 0.2) is 12.2 Å². The van der Waals surface area contributed by atoms with Gasteiger partial charge in [0.05, 0.1) is 11.8 Å². The number of hydrogen-bond donors (Lipinski definition) is 0. The van der Waals surface area contributed by atoms with Crippen LogP contribution >= 0.6 is 11.3 Å². The van der Waals surface area contributed by atoms with Gasteiger partial charge in [0, 0.05) is 0 Å². The molecule has 92 valence electrons. The number of anilines is 1. The van der Waals surface area contributed by atoms with Crippen molar-refractivity contribution in [1.82, 2.24) is 10.2 Å². The van der Waals surface area contributed by atoms with E-state index in [4.69, 9.17) is 0 Å². The van der Waals surface area contributed by atoms with E-state index in [-0.39, 0.29) is 35.5 Å². The lowest BCUT2D eigenvalue weighted by Gasteiger charge is -2.14. The van der Waals surface area contributed by atoms with Gasteiger partial charge in [0.2, 0.25) is 16.9 Å². The molecule has 1 aliphatic heterocycles. The van der Waals surface area contributed by atoms with Crippen molar-refractivity contribution in [2.75, 3.05) is 4.90 Å². The van der Waals surface area contributed by atoms with E-state index in [1.54, 1.807) is 0 Å². The van der Waals surface area contributed by atoms with Crippen LogP contribution in [0.25, 0.3) is 0 Å². The maximum atomic E-state index is 12.4. The van der Waals surface area contributed by atoms with Crippen LogP contribution in [-0.2, 0) is 9.59 Å². The molecule has 0 radical (unpaired) electrons. The zero-order valence-corrected chi connectivity index (χ0v) is 10.6. The molecule has 1 aromatic heterocycles. The predicted octanol–water partition coefficient (Wildman–Crippen LogP) is 1.16. The van der Waals surface area contributed by atoms with E-state index in [0.29, 0.717) is 5.13 Å². The minimum atomic E-state index is -0.156. The standard InChI is InChI=1S/C12H11N3O2S/c1-5-13-14-12(18-5)15-10(16)8-6-2-3-7(4-6)9(8)11(15)17/h2-3,6-9H,4H2,1H3/t6-,7+,8-,9-/m0/s1. The van der Waals surface area contributed by atoms with Crippen LogP contribution in [0, 0.1) is 30.6 Å². The van der Waals surface area contributed by atoms with Crippen LogP contribution in [0.2, 0.25) is 0 Å². The molecule has 2 amide bonds. The Morgan fingerprint density at radius 1 is 1.17 bits per heavy atom. The predicted molar refractivity (Wildman–Crippen MR) is 64.9 cm³/mol. The van der Waals surface area contributed by atoms with Crippen LogP contribution in [0.1, 0.15) is 11.4 Å². The smallest absolute Gasteiger partial charge is 0.240 e. The lowest BCUT2D eigenvalue weighted by molar-refractivity contribution is -0.123. The number of nitrogens with zero attached hydrogens (tertiary/aromatic N) is 3. The van der Waals surface area contributed by atoms with Gasteiger partial charge in [-0.3, -0.25) is 9.59 Å². The number of aromatic nitrogens is 2. The monoisotopic (exact) mass is 261 g/mol.